The molecule has 0 aliphatic heterocycles. The summed E-state index contributed by atoms with van der Waals surface area (Å²) in [7, 11) is 0. The number of hydrogen-bond acceptors (Lipinski definition) is 4. The Kier molecular flexibility index (Phi) is 8.33. The molecule has 0 aromatic rings. The Morgan fingerprint density at radius 2 is 1.79 bits per heavy atom. The van der Waals surface area contributed by atoms with Crippen molar-refractivity contribution in [3.63, 3.8) is 0 Å². The predicted molar refractivity (Wildman–Crippen MR) is 55.4 cm³/mol. The average molecular weight is 203 g/mol. The Morgan fingerprint density at radius 1 is 1.14 bits per heavy atom. The predicted octanol–water partition coefficient (Wildman–Crippen LogP) is 1.89. The van der Waals surface area contributed by atoms with Crippen LogP contribution in [0.2, 0.25) is 0 Å². The van der Waals surface area contributed by atoms with Gasteiger partial charge in [-0.2, -0.15) is 0 Å². The SMILES string of the molecule is CCOC(=O)OCCCN(CC)CC. The molecule has 0 aromatic carbocycles. The van der Waals surface area contributed by atoms with Crippen molar-refractivity contribution in [3.8, 4) is 0 Å². The van der Waals surface area contributed by atoms with Crippen molar-refractivity contribution in [3.05, 3.63) is 0 Å². The number of nitrogens with zero attached hydrogens (tertiary/aromatic N) is 1. The molecule has 0 aliphatic carbocycles. The molecule has 0 rings (SSSR count). The van der Waals surface area contributed by atoms with Gasteiger partial charge in [-0.05, 0) is 26.4 Å². The van der Waals surface area contributed by atoms with Gasteiger partial charge in [-0.1, -0.05) is 13.8 Å². The van der Waals surface area contributed by atoms with Gasteiger partial charge >= 0.3 is 6.16 Å². The maximum atomic E-state index is 10.8. The third-order valence-electron chi connectivity index (χ3n) is 2.00. The molecule has 0 heterocycles. The van der Waals surface area contributed by atoms with Crippen LogP contribution in [0.25, 0.3) is 0 Å². The van der Waals surface area contributed by atoms with Crippen molar-refractivity contribution in [2.45, 2.75) is 27.2 Å². The Balaban J connectivity index is 3.32. The summed E-state index contributed by atoms with van der Waals surface area (Å²) < 4.78 is 9.46. The van der Waals surface area contributed by atoms with Crippen LogP contribution in [0.1, 0.15) is 27.2 Å². The molecule has 0 bridgehead atoms. The first-order valence-electron chi connectivity index (χ1n) is 5.26. The zero-order valence-corrected chi connectivity index (χ0v) is 9.41. The number of hydrogen-bond donors (Lipinski definition) is 0. The summed E-state index contributed by atoms with van der Waals surface area (Å²) in [6, 6.07) is 0. The molecule has 0 saturated carbocycles. The quantitative estimate of drug-likeness (QED) is 0.468. The first-order valence-corrected chi connectivity index (χ1v) is 5.26. The van der Waals surface area contributed by atoms with Crippen LogP contribution < -0.4 is 0 Å². The summed E-state index contributed by atoms with van der Waals surface area (Å²) in [5.41, 5.74) is 0. The van der Waals surface area contributed by atoms with E-state index in [-0.39, 0.29) is 0 Å². The minimum atomic E-state index is -0.563. The monoisotopic (exact) mass is 203 g/mol. The van der Waals surface area contributed by atoms with Gasteiger partial charge in [0.1, 0.15) is 0 Å². The molecule has 0 aliphatic rings. The standard InChI is InChI=1S/C10H21NO3/c1-4-11(5-2)8-7-9-14-10(12)13-6-3/h4-9H2,1-3H3. The molecule has 0 atom stereocenters. The Morgan fingerprint density at radius 3 is 2.29 bits per heavy atom. The van der Waals surface area contributed by atoms with Crippen LogP contribution in [0.4, 0.5) is 4.79 Å². The molecule has 0 unspecified atom stereocenters. The van der Waals surface area contributed by atoms with E-state index in [0.29, 0.717) is 13.2 Å². The van der Waals surface area contributed by atoms with E-state index in [1.807, 2.05) is 0 Å². The summed E-state index contributed by atoms with van der Waals surface area (Å²) in [6.07, 6.45) is 0.299. The van der Waals surface area contributed by atoms with Gasteiger partial charge in [0.05, 0.1) is 13.2 Å². The second-order valence-electron chi connectivity index (χ2n) is 2.91. The largest absolute Gasteiger partial charge is 0.508 e. The van der Waals surface area contributed by atoms with Crippen molar-refractivity contribution in [1.82, 2.24) is 4.90 Å². The van der Waals surface area contributed by atoms with Crippen molar-refractivity contribution in [1.29, 1.82) is 0 Å². The molecular weight excluding hydrogens is 182 g/mol. The Hall–Kier alpha value is -0.770. The highest BCUT2D eigenvalue weighted by molar-refractivity contribution is 5.59. The molecule has 0 aromatic heterocycles. The zero-order chi connectivity index (χ0) is 10.8. The molecule has 0 fully saturated rings. The highest BCUT2D eigenvalue weighted by Gasteiger charge is 2.02. The lowest BCUT2D eigenvalue weighted by atomic mass is 10.4. The summed E-state index contributed by atoms with van der Waals surface area (Å²) in [6.45, 7) is 9.85. The smallest absolute Gasteiger partial charge is 0.435 e. The van der Waals surface area contributed by atoms with Gasteiger partial charge in [-0.25, -0.2) is 4.79 Å². The number of carbonyl (C=O) groups is 1. The maximum absolute atomic E-state index is 10.8. The minimum Gasteiger partial charge on any atom is -0.435 e. The third-order valence-corrected chi connectivity index (χ3v) is 2.00. The fraction of sp³-hybridized carbons (Fsp3) is 0.900. The summed E-state index contributed by atoms with van der Waals surface area (Å²) in [5, 5.41) is 0. The van der Waals surface area contributed by atoms with E-state index >= 15 is 0 Å². The molecule has 0 N–H and O–H groups in total. The van der Waals surface area contributed by atoms with E-state index in [9.17, 15) is 4.79 Å². The van der Waals surface area contributed by atoms with Crippen molar-refractivity contribution in [2.24, 2.45) is 0 Å². The van der Waals surface area contributed by atoms with Gasteiger partial charge in [0.2, 0.25) is 0 Å². The lowest BCUT2D eigenvalue weighted by molar-refractivity contribution is 0.0563. The van der Waals surface area contributed by atoms with Crippen LogP contribution in [-0.4, -0.2) is 43.9 Å². The van der Waals surface area contributed by atoms with Gasteiger partial charge < -0.3 is 14.4 Å². The van der Waals surface area contributed by atoms with Crippen LogP contribution >= 0.6 is 0 Å². The van der Waals surface area contributed by atoms with E-state index in [2.05, 4.69) is 23.5 Å². The number of carbonyl (C=O) groups excluding carboxylic acids is 1. The fourth-order valence-corrected chi connectivity index (χ4v) is 1.14. The van der Waals surface area contributed by atoms with Gasteiger partial charge in [-0.15, -0.1) is 0 Å². The molecule has 4 heteroatoms. The number of ether oxygens (including phenoxy) is 2. The average Bonchev–Trinajstić information content (AvgIpc) is 2.19. The van der Waals surface area contributed by atoms with Crippen LogP contribution in [0.5, 0.6) is 0 Å². The molecule has 0 radical (unpaired) electrons. The van der Waals surface area contributed by atoms with E-state index in [4.69, 9.17) is 4.74 Å². The van der Waals surface area contributed by atoms with Crippen LogP contribution in [-0.2, 0) is 9.47 Å². The molecule has 0 saturated heterocycles. The Labute approximate surface area is 86.2 Å². The fourth-order valence-electron chi connectivity index (χ4n) is 1.14. The lowest BCUT2D eigenvalue weighted by Crippen LogP contribution is -2.25. The van der Waals surface area contributed by atoms with Gasteiger partial charge in [0.15, 0.2) is 0 Å². The summed E-state index contributed by atoms with van der Waals surface area (Å²) >= 11 is 0. The second kappa shape index (κ2) is 8.81. The van der Waals surface area contributed by atoms with Crippen molar-refractivity contribution < 1.29 is 14.3 Å². The van der Waals surface area contributed by atoms with Crippen molar-refractivity contribution in [2.75, 3.05) is 32.8 Å². The Bertz CT molecular complexity index is 146. The lowest BCUT2D eigenvalue weighted by Gasteiger charge is -2.17. The first-order chi connectivity index (χ1) is 6.74. The molecule has 4 nitrogen and oxygen atoms in total. The van der Waals surface area contributed by atoms with E-state index in [0.717, 1.165) is 26.1 Å². The molecule has 84 valence electrons. The molecular formula is C10H21NO3. The summed E-state index contributed by atoms with van der Waals surface area (Å²) in [4.78, 5) is 13.1. The summed E-state index contributed by atoms with van der Waals surface area (Å²) in [5.74, 6) is 0. The molecule has 14 heavy (non-hydrogen) atoms. The second-order valence-corrected chi connectivity index (χ2v) is 2.91. The normalized spacial score (nSPS) is 10.3. The van der Waals surface area contributed by atoms with E-state index in [1.54, 1.807) is 6.92 Å². The third kappa shape index (κ3) is 6.71. The van der Waals surface area contributed by atoms with Crippen LogP contribution in [0.3, 0.4) is 0 Å². The molecule has 0 amide bonds. The first kappa shape index (κ1) is 13.2. The van der Waals surface area contributed by atoms with Gasteiger partial charge in [0, 0.05) is 6.54 Å². The molecule has 0 spiro atoms. The van der Waals surface area contributed by atoms with E-state index < -0.39 is 6.16 Å². The van der Waals surface area contributed by atoms with Gasteiger partial charge in [-0.3, -0.25) is 0 Å². The van der Waals surface area contributed by atoms with E-state index in [1.165, 1.54) is 0 Å². The number of rotatable bonds is 7. The highest BCUT2D eigenvalue weighted by Crippen LogP contribution is 1.93. The maximum Gasteiger partial charge on any atom is 0.508 e. The van der Waals surface area contributed by atoms with Crippen molar-refractivity contribution >= 4 is 6.16 Å². The minimum absolute atomic E-state index is 0.370. The van der Waals surface area contributed by atoms with Gasteiger partial charge in [0.25, 0.3) is 0 Å². The zero-order valence-electron chi connectivity index (χ0n) is 9.41. The highest BCUT2D eigenvalue weighted by atomic mass is 16.7. The topological polar surface area (TPSA) is 38.8 Å². The van der Waals surface area contributed by atoms with Crippen LogP contribution in [0, 0.1) is 0 Å². The van der Waals surface area contributed by atoms with Crippen LogP contribution in [0.15, 0.2) is 0 Å².